The zero-order chi connectivity index (χ0) is 76.5. The van der Waals surface area contributed by atoms with Crippen LogP contribution >= 0.6 is 0 Å². The van der Waals surface area contributed by atoms with Gasteiger partial charge >= 0.3 is 0 Å². The number of amides is 2. The Labute approximate surface area is 589 Å². The van der Waals surface area contributed by atoms with E-state index in [1.165, 1.54) is 13.8 Å². The average molecular weight is 1530 g/mol. The summed E-state index contributed by atoms with van der Waals surface area (Å²) in [7, 11) is 0. The lowest BCUT2D eigenvalue weighted by Crippen LogP contribution is -2.71. The van der Waals surface area contributed by atoms with Crippen molar-refractivity contribution in [3.63, 3.8) is 0 Å². The second kappa shape index (κ2) is 36.6. The number of aliphatic hydroxyl groups is 25. The molecule has 9 saturated heterocycles. The molecule has 9 aliphatic heterocycles. The first-order valence-electron chi connectivity index (χ1n) is 33.4. The van der Waals surface area contributed by atoms with E-state index in [4.69, 9.17) is 80.5 Å². The maximum Gasteiger partial charge on any atom is 0.217 e. The van der Waals surface area contributed by atoms with Gasteiger partial charge in [0.15, 0.2) is 56.6 Å². The molecule has 46 heteroatoms. The van der Waals surface area contributed by atoms with Crippen LogP contribution in [0.5, 0.6) is 0 Å². The number of rotatable bonds is 25. The molecule has 0 aromatic rings. The molecule has 0 aromatic heterocycles. The topological polar surface area (TPSA) is 721 Å². The molecule has 0 radical (unpaired) electrons. The quantitative estimate of drug-likeness (QED) is 0.0404. The number of hydrogen-bond donors (Lipinski definition) is 27. The first-order valence-corrected chi connectivity index (χ1v) is 33.4. The van der Waals surface area contributed by atoms with Gasteiger partial charge < -0.3 is 219 Å². The molecule has 0 bridgehead atoms. The fourth-order valence-electron chi connectivity index (χ4n) is 13.5. The van der Waals surface area contributed by atoms with E-state index >= 15 is 0 Å². The summed E-state index contributed by atoms with van der Waals surface area (Å²) in [4.78, 5) is 26.3. The predicted molar refractivity (Wildman–Crippen MR) is 317 cm³/mol. The lowest BCUT2D eigenvalue weighted by molar-refractivity contribution is -0.393. The van der Waals surface area contributed by atoms with Gasteiger partial charge in [0.1, 0.15) is 207 Å². The fourth-order valence-corrected chi connectivity index (χ4v) is 13.5. The van der Waals surface area contributed by atoms with Crippen LogP contribution in [0.1, 0.15) is 27.7 Å². The Morgan fingerprint density at radius 2 is 0.596 bits per heavy atom. The summed E-state index contributed by atoms with van der Waals surface area (Å²) >= 11 is 0. The van der Waals surface area contributed by atoms with Crippen LogP contribution in [0, 0.1) is 0 Å². The summed E-state index contributed by atoms with van der Waals surface area (Å²) in [5, 5.41) is 278. The minimum absolute atomic E-state index is 0.858. The molecule has 2 amide bonds. The van der Waals surface area contributed by atoms with Gasteiger partial charge in [0.2, 0.25) is 11.8 Å². The van der Waals surface area contributed by atoms with Crippen LogP contribution in [0.15, 0.2) is 0 Å². The van der Waals surface area contributed by atoms with Crippen molar-refractivity contribution in [3.05, 3.63) is 0 Å². The van der Waals surface area contributed by atoms with Crippen LogP contribution in [-0.2, 0) is 90.1 Å². The van der Waals surface area contributed by atoms with Crippen molar-refractivity contribution in [2.75, 3.05) is 46.2 Å². The first-order chi connectivity index (χ1) is 49.1. The molecule has 45 atom stereocenters. The summed E-state index contributed by atoms with van der Waals surface area (Å²) < 4.78 is 99.5. The molecule has 9 heterocycles. The molecular formula is C58H98N2O44. The maximum atomic E-state index is 13.3. The van der Waals surface area contributed by atoms with E-state index in [0.717, 1.165) is 13.8 Å². The Morgan fingerprint density at radius 3 is 1.10 bits per heavy atom. The highest BCUT2D eigenvalue weighted by Crippen LogP contribution is 2.39. The monoisotopic (exact) mass is 1530 g/mol. The Balaban J connectivity index is 1.00. The highest BCUT2D eigenvalue weighted by Gasteiger charge is 2.60. The second-order valence-electron chi connectivity index (χ2n) is 26.7. The van der Waals surface area contributed by atoms with E-state index in [2.05, 4.69) is 10.6 Å². The van der Waals surface area contributed by atoms with Gasteiger partial charge in [-0.1, -0.05) is 0 Å². The van der Waals surface area contributed by atoms with Crippen molar-refractivity contribution < 1.29 is 218 Å². The van der Waals surface area contributed by atoms with Crippen molar-refractivity contribution >= 4 is 11.8 Å². The van der Waals surface area contributed by atoms with Crippen LogP contribution in [0.25, 0.3) is 0 Å². The normalized spacial score (nSPS) is 51.9. The smallest absolute Gasteiger partial charge is 0.217 e. The summed E-state index contributed by atoms with van der Waals surface area (Å²) in [6.45, 7) is -2.58. The van der Waals surface area contributed by atoms with Gasteiger partial charge in [-0.15, -0.1) is 0 Å². The predicted octanol–water partition coefficient (Wildman–Crippen LogP) is -18.3. The molecule has 604 valence electrons. The second-order valence-corrected chi connectivity index (χ2v) is 26.7. The number of aliphatic hydroxyl groups excluding tert-OH is 25. The summed E-state index contributed by atoms with van der Waals surface area (Å²) in [5.74, 6) is -1.88. The van der Waals surface area contributed by atoms with Gasteiger partial charge in [-0.25, -0.2) is 0 Å². The van der Waals surface area contributed by atoms with Crippen LogP contribution in [0.4, 0.5) is 0 Å². The van der Waals surface area contributed by atoms with E-state index in [1.54, 1.807) is 0 Å². The maximum absolute atomic E-state index is 13.3. The van der Waals surface area contributed by atoms with Gasteiger partial charge in [-0.3, -0.25) is 9.59 Å². The molecule has 104 heavy (non-hydrogen) atoms. The van der Waals surface area contributed by atoms with Gasteiger partial charge in [0.05, 0.1) is 58.5 Å². The molecule has 0 aromatic carbocycles. The summed E-state index contributed by atoms with van der Waals surface area (Å²) in [5.41, 5.74) is 0. The van der Waals surface area contributed by atoms with Crippen LogP contribution in [0.2, 0.25) is 0 Å². The lowest BCUT2D eigenvalue weighted by Gasteiger charge is -2.51. The van der Waals surface area contributed by atoms with Crippen LogP contribution < -0.4 is 10.6 Å². The molecule has 0 unspecified atom stereocenters. The molecule has 9 fully saturated rings. The molecule has 27 N–H and O–H groups in total. The van der Waals surface area contributed by atoms with Crippen molar-refractivity contribution in [2.24, 2.45) is 0 Å². The van der Waals surface area contributed by atoms with Crippen molar-refractivity contribution in [1.29, 1.82) is 0 Å². The summed E-state index contributed by atoms with van der Waals surface area (Å²) in [6, 6.07) is -3.87. The van der Waals surface area contributed by atoms with E-state index in [1.807, 2.05) is 0 Å². The lowest BCUT2D eigenvalue weighted by atomic mass is 9.93. The molecular weight excluding hydrogens is 1430 g/mol. The Hall–Kier alpha value is -2.74. The fraction of sp³-hybridized carbons (Fsp3) is 0.966. The Morgan fingerprint density at radius 1 is 0.269 bits per heavy atom. The minimum Gasteiger partial charge on any atom is -0.394 e. The van der Waals surface area contributed by atoms with Crippen molar-refractivity contribution in [3.8, 4) is 0 Å². The average Bonchev–Trinajstić information content (AvgIpc) is 0.764. The SMILES string of the molecule is CC(=O)N[C@@H]1[C@@H](O[C@@H]2O[C@@H](C)[C@@H](O)[C@@H](O)[C@@H]2O)[C@H](O[C@@H]2O[C@H](CO)[C@@H](O[C@@H]3O[C@H](CO[C@H]4O[C@H](CO)[C@@H](O)[C@H](O)[C@@H]4O)[C@@H](O)[C@H](O[C@H]4O[C@H](CO)[C@@H](O[C@H]5O[C@H](CO)[C@H](O)[C@H](O)[C@H]5O)[C@H](O)[C@@H]4O)[C@@H]3O)[C@H](O)[C@H]2NC(C)=O)[C@@H](CO[C@@H]2O[C@@H](C)[C@@H](O[C@@H]3O[C@H](CO)[C@H](O)[C@H](O)[C@H]3O)[C@@H](O)[C@@H]2O)O[C@H]1O. The van der Waals surface area contributed by atoms with Gasteiger partial charge in [-0.2, -0.15) is 0 Å². The third kappa shape index (κ3) is 18.2. The molecule has 46 nitrogen and oxygen atoms in total. The van der Waals surface area contributed by atoms with Crippen LogP contribution in [0.3, 0.4) is 0 Å². The third-order valence-electron chi connectivity index (χ3n) is 19.4. The summed E-state index contributed by atoms with van der Waals surface area (Å²) in [6.07, 6.45) is -84.8. The Bertz CT molecular complexity index is 2670. The van der Waals surface area contributed by atoms with Crippen LogP contribution in [-0.4, -0.2) is 462 Å². The zero-order valence-electron chi connectivity index (χ0n) is 55.9. The molecule has 0 spiro atoms. The number of nitrogens with one attached hydrogen (secondary N) is 2. The van der Waals surface area contributed by atoms with E-state index in [-0.39, 0.29) is 0 Å². The number of carbonyl (C=O) groups excluding carboxylic acids is 2. The van der Waals surface area contributed by atoms with Gasteiger partial charge in [0, 0.05) is 13.8 Å². The highest BCUT2D eigenvalue weighted by atomic mass is 16.8. The van der Waals surface area contributed by atoms with E-state index in [0.29, 0.717) is 0 Å². The molecule has 9 aliphatic rings. The van der Waals surface area contributed by atoms with Gasteiger partial charge in [0.25, 0.3) is 0 Å². The largest absolute Gasteiger partial charge is 0.394 e. The molecule has 0 saturated carbocycles. The Kier molecular flexibility index (Phi) is 30.0. The first kappa shape index (κ1) is 85.3. The highest BCUT2D eigenvalue weighted by molar-refractivity contribution is 5.73. The zero-order valence-corrected chi connectivity index (χ0v) is 55.9. The minimum atomic E-state index is -2.44. The van der Waals surface area contributed by atoms with Crippen molar-refractivity contribution in [1.82, 2.24) is 10.6 Å². The standard InChI is InChI=1S/C58H98N2O44/c1-12-25(68)31(74)38(81)54(90-12)103-48-24(60-15(4)67)50(87)92-22(11-89-52-41(84)35(78)44(13(2)91-52)99-55-39(82)33(76)27(70)17(6-62)94-55)47(48)102-51-23(59-14(3)66)30(73)45(19(8-64)96-51)100-58-43(86)49(29(72)21(98-58)10-88-53-37(80)32(75)26(69)16(5-61)93-53)104-57-42(85)36(79)46(20(9-65)97-57)101-56-40(83)34(77)28(71)18(7-63)95-56/h12-13,16-58,61-65,68-87H,5-11H2,1-4H3,(H,59,66)(H,60,67)/t12-,13-,16+,17+,18+,19+,20+,21+,22+,23+,24+,25+,26+,27-,28-,29+,30+,31+,32-,33-,34-,35-,36+,37-,38-,39+,40+,41-,42-,43-,44+,45+,46+,47+,48+,49-,50+,51-,52+,53-,54-,55-,56+,57+,58-/m0/s1. The number of hydrogen-bond acceptors (Lipinski definition) is 44. The number of ether oxygens (including phenoxy) is 17. The molecule has 0 aliphatic carbocycles. The van der Waals surface area contributed by atoms with Crippen molar-refractivity contribution in [2.45, 2.75) is 304 Å². The molecule has 9 rings (SSSR count). The third-order valence-corrected chi connectivity index (χ3v) is 19.4. The number of carbonyl (C=O) groups is 2. The van der Waals surface area contributed by atoms with E-state index < -0.39 is 334 Å². The van der Waals surface area contributed by atoms with E-state index in [9.17, 15) is 137 Å². The van der Waals surface area contributed by atoms with Gasteiger partial charge in [-0.05, 0) is 13.8 Å².